The van der Waals surface area contributed by atoms with Crippen LogP contribution in [0.15, 0.2) is 37.0 Å². The van der Waals surface area contributed by atoms with E-state index in [0.29, 0.717) is 25.9 Å². The van der Waals surface area contributed by atoms with Gasteiger partial charge in [-0.05, 0) is 30.9 Å². The van der Waals surface area contributed by atoms with Gasteiger partial charge >= 0.3 is 5.97 Å². The molecule has 0 saturated carbocycles. The topological polar surface area (TPSA) is 55.8 Å². The molecular formula is C16H24O4. The summed E-state index contributed by atoms with van der Waals surface area (Å²) in [6.45, 7) is 7.76. The highest BCUT2D eigenvalue weighted by molar-refractivity contribution is 5.74. The molecule has 0 fully saturated rings. The summed E-state index contributed by atoms with van der Waals surface area (Å²) < 4.78 is 10.5. The SMILES string of the molecule is C=CCCC(C=C)C(=O)O[C@H]1C=C(COC)C[C@H](O)C1. The Morgan fingerprint density at radius 1 is 1.60 bits per heavy atom. The van der Waals surface area contributed by atoms with Crippen LogP contribution in [0.1, 0.15) is 25.7 Å². The van der Waals surface area contributed by atoms with Gasteiger partial charge in [0.05, 0.1) is 18.6 Å². The molecule has 1 rings (SSSR count). The predicted molar refractivity (Wildman–Crippen MR) is 78.2 cm³/mol. The third kappa shape index (κ3) is 5.31. The van der Waals surface area contributed by atoms with Crippen LogP contribution in [0.5, 0.6) is 0 Å². The smallest absolute Gasteiger partial charge is 0.313 e. The number of aliphatic hydroxyl groups excluding tert-OH is 1. The molecule has 0 aromatic carbocycles. The first-order valence-corrected chi connectivity index (χ1v) is 6.91. The molecule has 0 aliphatic heterocycles. The summed E-state index contributed by atoms with van der Waals surface area (Å²) in [5.41, 5.74) is 0.963. The minimum Gasteiger partial charge on any atom is -0.458 e. The highest BCUT2D eigenvalue weighted by atomic mass is 16.5. The van der Waals surface area contributed by atoms with E-state index >= 15 is 0 Å². The molecule has 0 aromatic heterocycles. The molecule has 1 unspecified atom stereocenters. The lowest BCUT2D eigenvalue weighted by Crippen LogP contribution is -2.30. The Kier molecular flexibility index (Phi) is 7.26. The molecule has 1 aliphatic rings. The van der Waals surface area contributed by atoms with Crippen molar-refractivity contribution in [2.45, 2.75) is 37.9 Å². The second kappa shape index (κ2) is 8.72. The maximum atomic E-state index is 12.0. The predicted octanol–water partition coefficient (Wildman–Crippen LogP) is 2.39. The third-order valence-electron chi connectivity index (χ3n) is 3.29. The van der Waals surface area contributed by atoms with Crippen LogP contribution in [-0.2, 0) is 14.3 Å². The average molecular weight is 280 g/mol. The summed E-state index contributed by atoms with van der Waals surface area (Å²) in [5.74, 6) is -0.625. The lowest BCUT2D eigenvalue weighted by atomic mass is 9.95. The zero-order valence-corrected chi connectivity index (χ0v) is 12.1. The van der Waals surface area contributed by atoms with Gasteiger partial charge in [-0.15, -0.1) is 13.2 Å². The molecule has 4 nitrogen and oxygen atoms in total. The summed E-state index contributed by atoms with van der Waals surface area (Å²) >= 11 is 0. The van der Waals surface area contributed by atoms with Crippen molar-refractivity contribution in [1.82, 2.24) is 0 Å². The molecule has 20 heavy (non-hydrogen) atoms. The Morgan fingerprint density at radius 3 is 2.95 bits per heavy atom. The molecule has 0 saturated heterocycles. The number of carbonyl (C=O) groups is 1. The maximum absolute atomic E-state index is 12.0. The van der Waals surface area contributed by atoms with Crippen LogP contribution in [0.2, 0.25) is 0 Å². The van der Waals surface area contributed by atoms with E-state index in [2.05, 4.69) is 13.2 Å². The van der Waals surface area contributed by atoms with Gasteiger partial charge in [-0.25, -0.2) is 0 Å². The Hall–Kier alpha value is -1.39. The zero-order valence-electron chi connectivity index (χ0n) is 12.1. The number of esters is 1. The number of aliphatic hydroxyl groups is 1. The van der Waals surface area contributed by atoms with Crippen molar-refractivity contribution in [2.75, 3.05) is 13.7 Å². The number of rotatable bonds is 8. The standard InChI is InChI=1S/C16H24O4/c1-4-6-7-13(5-2)16(18)20-15-9-12(11-19-3)8-14(17)10-15/h4-5,9,13-15,17H,1-2,6-8,10-11H2,3H3/t13?,14-,15-/m0/s1. The largest absolute Gasteiger partial charge is 0.458 e. The quantitative estimate of drug-likeness (QED) is 0.548. The van der Waals surface area contributed by atoms with Crippen molar-refractivity contribution < 1.29 is 19.4 Å². The first-order chi connectivity index (χ1) is 9.60. The van der Waals surface area contributed by atoms with Crippen molar-refractivity contribution in [2.24, 2.45) is 5.92 Å². The normalized spacial score (nSPS) is 23.6. The van der Waals surface area contributed by atoms with E-state index in [4.69, 9.17) is 9.47 Å². The van der Waals surface area contributed by atoms with Crippen molar-refractivity contribution in [3.05, 3.63) is 37.0 Å². The van der Waals surface area contributed by atoms with Crippen LogP contribution in [0.25, 0.3) is 0 Å². The van der Waals surface area contributed by atoms with Crippen molar-refractivity contribution >= 4 is 5.97 Å². The first kappa shape index (κ1) is 16.7. The molecule has 0 radical (unpaired) electrons. The summed E-state index contributed by atoms with van der Waals surface area (Å²) in [6.07, 6.45) is 6.77. The molecule has 0 spiro atoms. The Bertz CT molecular complexity index is 373. The number of methoxy groups -OCH3 is 1. The second-order valence-corrected chi connectivity index (χ2v) is 5.04. The van der Waals surface area contributed by atoms with Crippen molar-refractivity contribution in [3.8, 4) is 0 Å². The molecule has 0 amide bonds. The van der Waals surface area contributed by atoms with Crippen LogP contribution in [0.4, 0.5) is 0 Å². The maximum Gasteiger partial charge on any atom is 0.313 e. The fourth-order valence-electron chi connectivity index (χ4n) is 2.29. The van der Waals surface area contributed by atoms with Gasteiger partial charge in [0.15, 0.2) is 0 Å². The number of ether oxygens (including phenoxy) is 2. The van der Waals surface area contributed by atoms with E-state index in [9.17, 15) is 9.90 Å². The molecule has 0 bridgehead atoms. The lowest BCUT2D eigenvalue weighted by molar-refractivity contribution is -0.151. The zero-order chi connectivity index (χ0) is 15.0. The van der Waals surface area contributed by atoms with Gasteiger partial charge in [0, 0.05) is 13.5 Å². The van der Waals surface area contributed by atoms with Crippen LogP contribution in [0.3, 0.4) is 0 Å². The monoisotopic (exact) mass is 280 g/mol. The van der Waals surface area contributed by atoms with Crippen LogP contribution < -0.4 is 0 Å². The first-order valence-electron chi connectivity index (χ1n) is 6.91. The fraction of sp³-hybridized carbons (Fsp3) is 0.562. The molecular weight excluding hydrogens is 256 g/mol. The summed E-state index contributed by atoms with van der Waals surface area (Å²) in [5, 5.41) is 9.81. The number of hydrogen-bond donors (Lipinski definition) is 1. The summed E-state index contributed by atoms with van der Waals surface area (Å²) in [7, 11) is 1.60. The van der Waals surface area contributed by atoms with Gasteiger partial charge in [0.25, 0.3) is 0 Å². The van der Waals surface area contributed by atoms with E-state index in [1.165, 1.54) is 0 Å². The van der Waals surface area contributed by atoms with E-state index in [-0.39, 0.29) is 18.0 Å². The summed E-state index contributed by atoms with van der Waals surface area (Å²) in [4.78, 5) is 12.0. The highest BCUT2D eigenvalue weighted by Crippen LogP contribution is 2.23. The van der Waals surface area contributed by atoms with Crippen LogP contribution in [0, 0.1) is 5.92 Å². The van der Waals surface area contributed by atoms with E-state index in [0.717, 1.165) is 12.0 Å². The van der Waals surface area contributed by atoms with Gasteiger partial charge in [-0.2, -0.15) is 0 Å². The average Bonchev–Trinajstić information content (AvgIpc) is 2.39. The Balaban J connectivity index is 2.60. The van der Waals surface area contributed by atoms with Crippen molar-refractivity contribution in [1.29, 1.82) is 0 Å². The van der Waals surface area contributed by atoms with Gasteiger partial charge in [-0.1, -0.05) is 12.2 Å². The highest BCUT2D eigenvalue weighted by Gasteiger charge is 2.25. The number of carbonyl (C=O) groups excluding carboxylic acids is 1. The summed E-state index contributed by atoms with van der Waals surface area (Å²) in [6, 6.07) is 0. The van der Waals surface area contributed by atoms with E-state index in [1.807, 2.05) is 6.08 Å². The second-order valence-electron chi connectivity index (χ2n) is 5.04. The minimum atomic E-state index is -0.488. The van der Waals surface area contributed by atoms with E-state index < -0.39 is 6.10 Å². The molecule has 1 N–H and O–H groups in total. The lowest BCUT2D eigenvalue weighted by Gasteiger charge is -2.26. The van der Waals surface area contributed by atoms with Gasteiger partial charge in [0.1, 0.15) is 6.10 Å². The van der Waals surface area contributed by atoms with Crippen LogP contribution >= 0.6 is 0 Å². The molecule has 3 atom stereocenters. The van der Waals surface area contributed by atoms with E-state index in [1.54, 1.807) is 19.3 Å². The number of hydrogen-bond acceptors (Lipinski definition) is 4. The molecule has 1 aliphatic carbocycles. The fourth-order valence-corrected chi connectivity index (χ4v) is 2.29. The Labute approximate surface area is 120 Å². The van der Waals surface area contributed by atoms with Crippen molar-refractivity contribution in [3.63, 3.8) is 0 Å². The minimum absolute atomic E-state index is 0.297. The Morgan fingerprint density at radius 2 is 2.35 bits per heavy atom. The molecule has 112 valence electrons. The van der Waals surface area contributed by atoms with Gasteiger partial charge in [-0.3, -0.25) is 4.79 Å². The molecule has 4 heteroatoms. The molecule has 0 aromatic rings. The van der Waals surface area contributed by atoms with Gasteiger partial charge in [0.2, 0.25) is 0 Å². The van der Waals surface area contributed by atoms with Gasteiger partial charge < -0.3 is 14.6 Å². The molecule has 0 heterocycles. The number of allylic oxidation sites excluding steroid dienone is 1. The third-order valence-corrected chi connectivity index (χ3v) is 3.29. The van der Waals surface area contributed by atoms with Crippen LogP contribution in [-0.4, -0.2) is 37.0 Å².